The number of benzene rings is 1. The maximum atomic E-state index is 12.9. The molecule has 0 radical (unpaired) electrons. The van der Waals surface area contributed by atoms with Gasteiger partial charge in [-0.25, -0.2) is 4.68 Å². The minimum Gasteiger partial charge on any atom is -0.336 e. The van der Waals surface area contributed by atoms with Gasteiger partial charge in [-0.15, -0.1) is 0 Å². The lowest BCUT2D eigenvalue weighted by molar-refractivity contribution is 0.0765. The number of amides is 1. The molecule has 1 amide bonds. The Kier molecular flexibility index (Phi) is 3.89. The Balaban J connectivity index is 1.76. The van der Waals surface area contributed by atoms with E-state index in [1.807, 2.05) is 33.5 Å². The number of aryl methyl sites for hydroxylation is 1. The molecule has 0 spiro atoms. The largest absolute Gasteiger partial charge is 0.336 e. The molecule has 2 aromatic rings. The van der Waals surface area contributed by atoms with E-state index < -0.39 is 0 Å². The van der Waals surface area contributed by atoms with Crippen molar-refractivity contribution in [1.29, 1.82) is 0 Å². The standard InChI is InChI=1S/C18H21N3OS/c1-13-5-2-3-7-15(13)21-16-8-4-6-14(16)17(19-21)18(22)20-9-11-23-12-10-20/h2-3,5,7H,4,6,8-12H2,1H3. The summed E-state index contributed by atoms with van der Waals surface area (Å²) in [6.45, 7) is 3.78. The first-order chi connectivity index (χ1) is 11.3. The van der Waals surface area contributed by atoms with Crippen molar-refractivity contribution >= 4 is 17.7 Å². The van der Waals surface area contributed by atoms with E-state index in [4.69, 9.17) is 5.10 Å². The first-order valence-electron chi connectivity index (χ1n) is 8.29. The number of rotatable bonds is 2. The molecule has 1 aromatic carbocycles. The second-order valence-electron chi connectivity index (χ2n) is 6.23. The highest BCUT2D eigenvalue weighted by Gasteiger charge is 2.30. The number of thioether (sulfide) groups is 1. The summed E-state index contributed by atoms with van der Waals surface area (Å²) in [5.74, 6) is 2.19. The molecule has 1 aliphatic carbocycles. The average Bonchev–Trinajstić information content (AvgIpc) is 3.18. The fourth-order valence-electron chi connectivity index (χ4n) is 3.53. The third-order valence-electron chi connectivity index (χ3n) is 4.77. The minimum atomic E-state index is 0.121. The van der Waals surface area contributed by atoms with E-state index in [0.717, 1.165) is 49.5 Å². The highest BCUT2D eigenvalue weighted by atomic mass is 32.2. The first kappa shape index (κ1) is 14.8. The van der Waals surface area contributed by atoms with Crippen LogP contribution in [0, 0.1) is 6.92 Å². The van der Waals surface area contributed by atoms with Crippen molar-refractivity contribution in [3.05, 3.63) is 46.8 Å². The van der Waals surface area contributed by atoms with E-state index in [9.17, 15) is 4.79 Å². The Hall–Kier alpha value is -1.75. The Labute approximate surface area is 140 Å². The van der Waals surface area contributed by atoms with Crippen molar-refractivity contribution in [3.63, 3.8) is 0 Å². The fraction of sp³-hybridized carbons (Fsp3) is 0.444. The van der Waals surface area contributed by atoms with Crippen LogP contribution in [0.1, 0.15) is 33.7 Å². The van der Waals surface area contributed by atoms with Crippen LogP contribution < -0.4 is 0 Å². The highest BCUT2D eigenvalue weighted by Crippen LogP contribution is 2.29. The molecule has 1 saturated heterocycles. The third kappa shape index (κ3) is 2.57. The summed E-state index contributed by atoms with van der Waals surface area (Å²) in [5.41, 5.74) is 5.38. The minimum absolute atomic E-state index is 0.121. The zero-order valence-electron chi connectivity index (χ0n) is 13.4. The number of aromatic nitrogens is 2. The van der Waals surface area contributed by atoms with Crippen molar-refractivity contribution in [1.82, 2.24) is 14.7 Å². The number of para-hydroxylation sites is 1. The summed E-state index contributed by atoms with van der Waals surface area (Å²) >= 11 is 1.92. The van der Waals surface area contributed by atoms with Crippen molar-refractivity contribution in [3.8, 4) is 5.69 Å². The van der Waals surface area contributed by atoms with Gasteiger partial charge in [-0.2, -0.15) is 16.9 Å². The summed E-state index contributed by atoms with van der Waals surface area (Å²) in [5, 5.41) is 4.76. The van der Waals surface area contributed by atoms with Crippen LogP contribution in [-0.4, -0.2) is 45.2 Å². The molecule has 23 heavy (non-hydrogen) atoms. The van der Waals surface area contributed by atoms with Crippen molar-refractivity contribution < 1.29 is 4.79 Å². The molecule has 5 heteroatoms. The maximum absolute atomic E-state index is 12.9. The normalized spacial score (nSPS) is 17.3. The van der Waals surface area contributed by atoms with Crippen LogP contribution in [-0.2, 0) is 12.8 Å². The molecule has 1 aliphatic heterocycles. The number of carbonyl (C=O) groups is 1. The number of hydrogen-bond donors (Lipinski definition) is 0. The molecule has 2 heterocycles. The number of nitrogens with zero attached hydrogens (tertiary/aromatic N) is 3. The molecule has 0 saturated carbocycles. The van der Waals surface area contributed by atoms with Gasteiger partial charge in [0.2, 0.25) is 0 Å². The summed E-state index contributed by atoms with van der Waals surface area (Å²) in [4.78, 5) is 14.9. The SMILES string of the molecule is Cc1ccccc1-n1nc(C(=O)N2CCSCC2)c2c1CCC2. The van der Waals surface area contributed by atoms with Gasteiger partial charge in [0, 0.05) is 35.9 Å². The topological polar surface area (TPSA) is 38.1 Å². The molecule has 2 aliphatic rings. The molecular weight excluding hydrogens is 306 g/mol. The predicted octanol–water partition coefficient (Wildman–Crippen LogP) is 2.86. The van der Waals surface area contributed by atoms with Gasteiger partial charge in [-0.3, -0.25) is 4.79 Å². The molecule has 1 aromatic heterocycles. The number of fused-ring (bicyclic) bond motifs is 1. The Morgan fingerprint density at radius 2 is 1.96 bits per heavy atom. The van der Waals surface area contributed by atoms with Crippen molar-refractivity contribution in [2.75, 3.05) is 24.6 Å². The van der Waals surface area contributed by atoms with Gasteiger partial charge in [0.05, 0.1) is 5.69 Å². The molecule has 0 atom stereocenters. The van der Waals surface area contributed by atoms with Crippen LogP contribution >= 0.6 is 11.8 Å². The smallest absolute Gasteiger partial charge is 0.274 e. The van der Waals surface area contributed by atoms with Crippen LogP contribution in [0.2, 0.25) is 0 Å². The van der Waals surface area contributed by atoms with Crippen molar-refractivity contribution in [2.45, 2.75) is 26.2 Å². The molecule has 1 fully saturated rings. The second kappa shape index (κ2) is 6.04. The van der Waals surface area contributed by atoms with E-state index in [-0.39, 0.29) is 5.91 Å². The lowest BCUT2D eigenvalue weighted by Gasteiger charge is -2.25. The third-order valence-corrected chi connectivity index (χ3v) is 5.72. The van der Waals surface area contributed by atoms with Crippen LogP contribution in [0.15, 0.2) is 24.3 Å². The molecule has 0 unspecified atom stereocenters. The second-order valence-corrected chi connectivity index (χ2v) is 7.46. The zero-order chi connectivity index (χ0) is 15.8. The zero-order valence-corrected chi connectivity index (χ0v) is 14.2. The van der Waals surface area contributed by atoms with Crippen LogP contribution in [0.5, 0.6) is 0 Å². The predicted molar refractivity (Wildman–Crippen MR) is 93.6 cm³/mol. The van der Waals surface area contributed by atoms with Gasteiger partial charge in [-0.1, -0.05) is 18.2 Å². The Bertz CT molecular complexity index is 747. The van der Waals surface area contributed by atoms with Crippen LogP contribution in [0.25, 0.3) is 5.69 Å². The summed E-state index contributed by atoms with van der Waals surface area (Å²) < 4.78 is 2.02. The molecule has 4 rings (SSSR count). The van der Waals surface area contributed by atoms with Gasteiger partial charge < -0.3 is 4.90 Å². The molecular formula is C18H21N3OS. The molecule has 120 valence electrons. The van der Waals surface area contributed by atoms with Gasteiger partial charge >= 0.3 is 0 Å². The summed E-state index contributed by atoms with van der Waals surface area (Å²) in [7, 11) is 0. The van der Waals surface area contributed by atoms with Gasteiger partial charge in [-0.05, 0) is 37.8 Å². The van der Waals surface area contributed by atoms with Gasteiger partial charge in [0.25, 0.3) is 5.91 Å². The Morgan fingerprint density at radius 3 is 2.74 bits per heavy atom. The molecule has 0 N–H and O–H groups in total. The summed E-state index contributed by atoms with van der Waals surface area (Å²) in [6.07, 6.45) is 3.11. The lowest BCUT2D eigenvalue weighted by atomic mass is 10.1. The molecule has 4 nitrogen and oxygen atoms in total. The molecule has 0 bridgehead atoms. The van der Waals surface area contributed by atoms with E-state index in [0.29, 0.717) is 5.69 Å². The van der Waals surface area contributed by atoms with E-state index in [1.165, 1.54) is 16.8 Å². The summed E-state index contributed by atoms with van der Waals surface area (Å²) in [6, 6.07) is 8.27. The quantitative estimate of drug-likeness (QED) is 0.851. The van der Waals surface area contributed by atoms with E-state index in [1.54, 1.807) is 0 Å². The first-order valence-corrected chi connectivity index (χ1v) is 9.45. The lowest BCUT2D eigenvalue weighted by Crippen LogP contribution is -2.38. The van der Waals surface area contributed by atoms with E-state index >= 15 is 0 Å². The van der Waals surface area contributed by atoms with Crippen LogP contribution in [0.3, 0.4) is 0 Å². The van der Waals surface area contributed by atoms with Crippen molar-refractivity contribution in [2.24, 2.45) is 0 Å². The van der Waals surface area contributed by atoms with Gasteiger partial charge in [0.15, 0.2) is 5.69 Å². The average molecular weight is 327 g/mol. The highest BCUT2D eigenvalue weighted by molar-refractivity contribution is 7.99. The monoisotopic (exact) mass is 327 g/mol. The maximum Gasteiger partial charge on any atom is 0.274 e. The van der Waals surface area contributed by atoms with Crippen LogP contribution in [0.4, 0.5) is 0 Å². The Morgan fingerprint density at radius 1 is 1.17 bits per heavy atom. The van der Waals surface area contributed by atoms with Gasteiger partial charge in [0.1, 0.15) is 0 Å². The number of hydrogen-bond acceptors (Lipinski definition) is 3. The number of carbonyl (C=O) groups excluding carboxylic acids is 1. The fourth-order valence-corrected chi connectivity index (χ4v) is 4.43. The van der Waals surface area contributed by atoms with E-state index in [2.05, 4.69) is 19.1 Å².